The van der Waals surface area contributed by atoms with Crippen molar-refractivity contribution in [3.05, 3.63) is 24.2 Å². The predicted molar refractivity (Wildman–Crippen MR) is 54.3 cm³/mol. The topological polar surface area (TPSA) is 34.4 Å². The molecule has 78 valence electrons. The molecule has 1 aliphatic rings. The second-order valence-electron chi connectivity index (χ2n) is 3.84. The van der Waals surface area contributed by atoms with Crippen LogP contribution in [0.25, 0.3) is 0 Å². The van der Waals surface area contributed by atoms with Crippen molar-refractivity contribution in [2.75, 3.05) is 20.3 Å². The molecule has 1 aromatic heterocycles. The van der Waals surface area contributed by atoms with Crippen LogP contribution in [0.4, 0.5) is 0 Å². The lowest BCUT2D eigenvalue weighted by Crippen LogP contribution is -2.40. The van der Waals surface area contributed by atoms with Crippen LogP contribution in [0.5, 0.6) is 0 Å². The summed E-state index contributed by atoms with van der Waals surface area (Å²) in [4.78, 5) is 0. The summed E-state index contributed by atoms with van der Waals surface area (Å²) in [6, 6.07) is 4.51. The zero-order valence-corrected chi connectivity index (χ0v) is 8.53. The number of ether oxygens (including phenoxy) is 1. The minimum absolute atomic E-state index is 0.476. The Morgan fingerprint density at radius 2 is 2.57 bits per heavy atom. The van der Waals surface area contributed by atoms with Crippen LogP contribution in [-0.2, 0) is 4.74 Å². The fraction of sp³-hybridized carbons (Fsp3) is 0.636. The maximum absolute atomic E-state index is 5.43. The van der Waals surface area contributed by atoms with E-state index in [9.17, 15) is 0 Å². The lowest BCUT2D eigenvalue weighted by atomic mass is 9.91. The van der Waals surface area contributed by atoms with Gasteiger partial charge in [-0.1, -0.05) is 0 Å². The molecule has 0 aromatic carbocycles. The average molecular weight is 195 g/mol. The van der Waals surface area contributed by atoms with Crippen molar-refractivity contribution in [1.29, 1.82) is 0 Å². The number of furan rings is 1. The van der Waals surface area contributed by atoms with E-state index in [0.717, 1.165) is 31.8 Å². The monoisotopic (exact) mass is 195 g/mol. The fourth-order valence-corrected chi connectivity index (χ4v) is 2.12. The quantitative estimate of drug-likeness (QED) is 0.798. The first kappa shape index (κ1) is 9.74. The van der Waals surface area contributed by atoms with Gasteiger partial charge in [-0.3, -0.25) is 0 Å². The maximum Gasteiger partial charge on any atom is 0.106 e. The zero-order chi connectivity index (χ0) is 9.80. The molecule has 1 aromatic rings. The van der Waals surface area contributed by atoms with Gasteiger partial charge in [-0.25, -0.2) is 0 Å². The third-order valence-corrected chi connectivity index (χ3v) is 2.81. The lowest BCUT2D eigenvalue weighted by Gasteiger charge is -2.28. The number of piperidine rings is 1. The molecule has 3 nitrogen and oxygen atoms in total. The molecule has 2 heterocycles. The molecule has 1 N–H and O–H groups in total. The Labute approximate surface area is 84.4 Å². The Morgan fingerprint density at radius 1 is 1.64 bits per heavy atom. The van der Waals surface area contributed by atoms with Crippen molar-refractivity contribution in [2.24, 2.45) is 0 Å². The third-order valence-electron chi connectivity index (χ3n) is 2.81. The average Bonchev–Trinajstić information content (AvgIpc) is 2.71. The van der Waals surface area contributed by atoms with Crippen LogP contribution in [0.3, 0.4) is 0 Å². The first-order valence-electron chi connectivity index (χ1n) is 5.16. The SMILES string of the molecule is COCC1CC(c2ccco2)CCN1. The molecule has 0 saturated carbocycles. The Bertz CT molecular complexity index is 256. The first-order valence-corrected chi connectivity index (χ1v) is 5.16. The van der Waals surface area contributed by atoms with Gasteiger partial charge in [0.25, 0.3) is 0 Å². The number of hydrogen-bond acceptors (Lipinski definition) is 3. The molecule has 0 spiro atoms. The summed E-state index contributed by atoms with van der Waals surface area (Å²) in [5.41, 5.74) is 0. The van der Waals surface area contributed by atoms with Crippen LogP contribution < -0.4 is 5.32 Å². The van der Waals surface area contributed by atoms with E-state index in [-0.39, 0.29) is 0 Å². The van der Waals surface area contributed by atoms with Crippen LogP contribution in [0.1, 0.15) is 24.5 Å². The molecule has 1 fully saturated rings. The summed E-state index contributed by atoms with van der Waals surface area (Å²) in [7, 11) is 1.75. The zero-order valence-electron chi connectivity index (χ0n) is 8.53. The second kappa shape index (κ2) is 4.62. The van der Waals surface area contributed by atoms with Crippen molar-refractivity contribution in [3.63, 3.8) is 0 Å². The van der Waals surface area contributed by atoms with Gasteiger partial charge in [0.2, 0.25) is 0 Å². The Balaban J connectivity index is 1.94. The van der Waals surface area contributed by atoms with E-state index in [0.29, 0.717) is 12.0 Å². The molecule has 0 bridgehead atoms. The molecule has 14 heavy (non-hydrogen) atoms. The number of nitrogens with one attached hydrogen (secondary N) is 1. The van der Waals surface area contributed by atoms with E-state index in [1.54, 1.807) is 13.4 Å². The highest BCUT2D eigenvalue weighted by Gasteiger charge is 2.24. The molecule has 0 radical (unpaired) electrons. The normalized spacial score (nSPS) is 27.8. The molecule has 1 saturated heterocycles. The van der Waals surface area contributed by atoms with Gasteiger partial charge in [0.1, 0.15) is 5.76 Å². The second-order valence-corrected chi connectivity index (χ2v) is 3.84. The number of rotatable bonds is 3. The minimum Gasteiger partial charge on any atom is -0.469 e. The van der Waals surface area contributed by atoms with Crippen LogP contribution in [0.2, 0.25) is 0 Å². The van der Waals surface area contributed by atoms with E-state index in [4.69, 9.17) is 9.15 Å². The van der Waals surface area contributed by atoms with Crippen molar-refractivity contribution >= 4 is 0 Å². The Morgan fingerprint density at radius 3 is 3.29 bits per heavy atom. The van der Waals surface area contributed by atoms with Crippen molar-refractivity contribution in [3.8, 4) is 0 Å². The molecule has 0 aliphatic carbocycles. The largest absolute Gasteiger partial charge is 0.469 e. The summed E-state index contributed by atoms with van der Waals surface area (Å²) in [6.07, 6.45) is 4.03. The molecule has 2 rings (SSSR count). The van der Waals surface area contributed by atoms with E-state index in [1.165, 1.54) is 0 Å². The van der Waals surface area contributed by atoms with E-state index in [2.05, 4.69) is 11.4 Å². The van der Waals surface area contributed by atoms with E-state index < -0.39 is 0 Å². The molecule has 2 atom stereocenters. The summed E-state index contributed by atoms with van der Waals surface area (Å²) in [6.45, 7) is 1.84. The fourth-order valence-electron chi connectivity index (χ4n) is 2.12. The van der Waals surface area contributed by atoms with Crippen LogP contribution in [-0.4, -0.2) is 26.3 Å². The lowest BCUT2D eigenvalue weighted by molar-refractivity contribution is 0.146. The summed E-state index contributed by atoms with van der Waals surface area (Å²) in [5, 5.41) is 3.45. The standard InChI is InChI=1S/C11H17NO2/c1-13-8-10-7-9(4-5-12-10)11-3-2-6-14-11/h2-3,6,9-10,12H,4-5,7-8H2,1H3. The highest BCUT2D eigenvalue weighted by Crippen LogP contribution is 2.27. The molecule has 1 aliphatic heterocycles. The number of hydrogen-bond donors (Lipinski definition) is 1. The smallest absolute Gasteiger partial charge is 0.106 e. The number of methoxy groups -OCH3 is 1. The Kier molecular flexibility index (Phi) is 3.22. The van der Waals surface area contributed by atoms with Crippen LogP contribution >= 0.6 is 0 Å². The van der Waals surface area contributed by atoms with Gasteiger partial charge in [-0.2, -0.15) is 0 Å². The van der Waals surface area contributed by atoms with Gasteiger partial charge in [-0.05, 0) is 31.5 Å². The van der Waals surface area contributed by atoms with Crippen molar-refractivity contribution in [2.45, 2.75) is 24.8 Å². The highest BCUT2D eigenvalue weighted by molar-refractivity contribution is 5.07. The summed E-state index contributed by atoms with van der Waals surface area (Å²) >= 11 is 0. The highest BCUT2D eigenvalue weighted by atomic mass is 16.5. The van der Waals surface area contributed by atoms with Crippen LogP contribution in [0, 0.1) is 0 Å². The first-order chi connectivity index (χ1) is 6.90. The summed E-state index contributed by atoms with van der Waals surface area (Å²) < 4.78 is 10.6. The predicted octanol–water partition coefficient (Wildman–Crippen LogP) is 1.76. The molecule has 0 amide bonds. The van der Waals surface area contributed by atoms with Gasteiger partial charge in [-0.15, -0.1) is 0 Å². The van der Waals surface area contributed by atoms with E-state index in [1.807, 2.05) is 6.07 Å². The van der Waals surface area contributed by atoms with Gasteiger partial charge in [0.15, 0.2) is 0 Å². The third kappa shape index (κ3) is 2.16. The molecule has 3 heteroatoms. The van der Waals surface area contributed by atoms with Gasteiger partial charge >= 0.3 is 0 Å². The Hall–Kier alpha value is -0.800. The van der Waals surface area contributed by atoms with Gasteiger partial charge in [0, 0.05) is 19.1 Å². The molecular formula is C11H17NO2. The molecular weight excluding hydrogens is 178 g/mol. The van der Waals surface area contributed by atoms with E-state index >= 15 is 0 Å². The van der Waals surface area contributed by atoms with Gasteiger partial charge in [0.05, 0.1) is 12.9 Å². The van der Waals surface area contributed by atoms with Crippen molar-refractivity contribution < 1.29 is 9.15 Å². The minimum atomic E-state index is 0.476. The maximum atomic E-state index is 5.43. The molecule has 2 unspecified atom stereocenters. The van der Waals surface area contributed by atoms with Crippen molar-refractivity contribution in [1.82, 2.24) is 5.32 Å². The summed E-state index contributed by atoms with van der Waals surface area (Å²) in [5.74, 6) is 1.68. The van der Waals surface area contributed by atoms with Gasteiger partial charge < -0.3 is 14.5 Å². The van der Waals surface area contributed by atoms with Crippen LogP contribution in [0.15, 0.2) is 22.8 Å².